The van der Waals surface area contributed by atoms with Crippen LogP contribution in [0.2, 0.25) is 0 Å². The number of nitrogens with one attached hydrogen (secondary N) is 2. The maximum Gasteiger partial charge on any atom is 0.240 e. The topological polar surface area (TPSA) is 58.2 Å². The van der Waals surface area contributed by atoms with Gasteiger partial charge >= 0.3 is 0 Å². The monoisotopic (exact) mass is 310 g/mol. The number of sulfonamides is 1. The van der Waals surface area contributed by atoms with E-state index in [1.165, 1.54) is 19.9 Å². The van der Waals surface area contributed by atoms with Crippen LogP contribution in [0.1, 0.15) is 40.0 Å². The van der Waals surface area contributed by atoms with Crippen LogP contribution in [0, 0.1) is 11.3 Å². The van der Waals surface area contributed by atoms with E-state index in [0.717, 1.165) is 18.0 Å². The molecule has 2 rings (SSSR count). The fourth-order valence-electron chi connectivity index (χ4n) is 3.54. The van der Waals surface area contributed by atoms with Gasteiger partial charge in [-0.05, 0) is 61.9 Å². The minimum atomic E-state index is -3.35. The Bertz CT molecular complexity index is 579. The second-order valence-corrected chi connectivity index (χ2v) is 8.87. The quantitative estimate of drug-likeness (QED) is 0.897. The van der Waals surface area contributed by atoms with Crippen molar-refractivity contribution in [3.8, 4) is 0 Å². The Balaban J connectivity index is 2.07. The van der Waals surface area contributed by atoms with E-state index < -0.39 is 10.0 Å². The van der Waals surface area contributed by atoms with Crippen LogP contribution in [0.4, 0.5) is 5.69 Å². The van der Waals surface area contributed by atoms with Gasteiger partial charge in [0, 0.05) is 11.7 Å². The molecule has 1 aromatic carbocycles. The maximum atomic E-state index is 11.7. The molecule has 4 nitrogen and oxygen atoms in total. The Morgan fingerprint density at radius 1 is 1.14 bits per heavy atom. The van der Waals surface area contributed by atoms with Gasteiger partial charge in [-0.1, -0.05) is 20.8 Å². The summed E-state index contributed by atoms with van der Waals surface area (Å²) in [7, 11) is -1.93. The summed E-state index contributed by atoms with van der Waals surface area (Å²) in [5.41, 5.74) is 1.35. The lowest BCUT2D eigenvalue weighted by Gasteiger charge is -2.39. The molecule has 118 valence electrons. The summed E-state index contributed by atoms with van der Waals surface area (Å²) in [6.45, 7) is 6.94. The largest absolute Gasteiger partial charge is 0.382 e. The molecule has 2 unspecified atom stereocenters. The lowest BCUT2D eigenvalue weighted by molar-refractivity contribution is 0.178. The molecule has 1 aliphatic carbocycles. The van der Waals surface area contributed by atoms with Gasteiger partial charge in [-0.3, -0.25) is 0 Å². The number of rotatable bonds is 4. The molecular formula is C16H26N2O2S. The van der Waals surface area contributed by atoms with Crippen LogP contribution in [-0.2, 0) is 10.0 Å². The van der Waals surface area contributed by atoms with Gasteiger partial charge in [0.05, 0.1) is 4.90 Å². The van der Waals surface area contributed by atoms with Gasteiger partial charge in [0.1, 0.15) is 0 Å². The predicted molar refractivity (Wildman–Crippen MR) is 86.9 cm³/mol. The highest BCUT2D eigenvalue weighted by Crippen LogP contribution is 2.39. The normalized spacial score (nSPS) is 25.5. The van der Waals surface area contributed by atoms with E-state index in [2.05, 4.69) is 30.8 Å². The Morgan fingerprint density at radius 2 is 1.76 bits per heavy atom. The Labute approximate surface area is 128 Å². The molecule has 0 heterocycles. The minimum Gasteiger partial charge on any atom is -0.382 e. The number of hydrogen-bond acceptors (Lipinski definition) is 3. The van der Waals surface area contributed by atoms with Gasteiger partial charge in [0.15, 0.2) is 0 Å². The van der Waals surface area contributed by atoms with Crippen molar-refractivity contribution in [2.75, 3.05) is 12.4 Å². The molecule has 0 saturated heterocycles. The molecule has 1 saturated carbocycles. The fourth-order valence-corrected chi connectivity index (χ4v) is 4.27. The zero-order valence-corrected chi connectivity index (χ0v) is 14.1. The zero-order chi connectivity index (χ0) is 15.7. The van der Waals surface area contributed by atoms with E-state index in [1.807, 2.05) is 12.1 Å². The molecule has 1 aliphatic rings. The van der Waals surface area contributed by atoms with E-state index in [9.17, 15) is 8.42 Å². The molecule has 2 N–H and O–H groups in total. The average Bonchev–Trinajstić information content (AvgIpc) is 2.37. The molecular weight excluding hydrogens is 284 g/mol. The number of hydrogen-bond donors (Lipinski definition) is 2. The first-order valence-electron chi connectivity index (χ1n) is 7.52. The van der Waals surface area contributed by atoms with Crippen molar-refractivity contribution in [1.29, 1.82) is 0 Å². The molecule has 0 aromatic heterocycles. The summed E-state index contributed by atoms with van der Waals surface area (Å²) in [6, 6.07) is 7.43. The van der Waals surface area contributed by atoms with Crippen LogP contribution in [-0.4, -0.2) is 21.5 Å². The minimum absolute atomic E-state index is 0.299. The van der Waals surface area contributed by atoms with Crippen molar-refractivity contribution in [3.05, 3.63) is 24.3 Å². The van der Waals surface area contributed by atoms with Gasteiger partial charge in [0.25, 0.3) is 0 Å². The zero-order valence-electron chi connectivity index (χ0n) is 13.3. The lowest BCUT2D eigenvalue weighted by atomic mass is 9.70. The molecule has 21 heavy (non-hydrogen) atoms. The third-order valence-electron chi connectivity index (χ3n) is 4.19. The Morgan fingerprint density at radius 3 is 2.29 bits per heavy atom. The van der Waals surface area contributed by atoms with Gasteiger partial charge in [-0.25, -0.2) is 13.1 Å². The molecule has 1 fully saturated rings. The molecule has 2 atom stereocenters. The van der Waals surface area contributed by atoms with Gasteiger partial charge in [0.2, 0.25) is 10.0 Å². The van der Waals surface area contributed by atoms with Crippen LogP contribution in [0.3, 0.4) is 0 Å². The lowest BCUT2D eigenvalue weighted by Crippen LogP contribution is -2.35. The molecule has 0 spiro atoms. The summed E-state index contributed by atoms with van der Waals surface area (Å²) < 4.78 is 25.7. The van der Waals surface area contributed by atoms with E-state index in [-0.39, 0.29) is 0 Å². The second-order valence-electron chi connectivity index (χ2n) is 6.99. The van der Waals surface area contributed by atoms with Crippen molar-refractivity contribution in [3.63, 3.8) is 0 Å². The van der Waals surface area contributed by atoms with Crippen molar-refractivity contribution in [2.45, 2.75) is 51.0 Å². The maximum absolute atomic E-state index is 11.7. The first-order valence-corrected chi connectivity index (χ1v) is 9.00. The average molecular weight is 310 g/mol. The summed E-state index contributed by atoms with van der Waals surface area (Å²) in [6.07, 6.45) is 3.58. The molecule has 0 amide bonds. The van der Waals surface area contributed by atoms with Crippen molar-refractivity contribution in [1.82, 2.24) is 4.72 Å². The van der Waals surface area contributed by atoms with Crippen molar-refractivity contribution < 1.29 is 8.42 Å². The van der Waals surface area contributed by atoms with Crippen molar-refractivity contribution >= 4 is 15.7 Å². The van der Waals surface area contributed by atoms with Crippen LogP contribution < -0.4 is 10.0 Å². The Kier molecular flexibility index (Phi) is 4.63. The van der Waals surface area contributed by atoms with Gasteiger partial charge in [-0.15, -0.1) is 0 Å². The predicted octanol–water partition coefficient (Wildman–Crippen LogP) is 3.22. The van der Waals surface area contributed by atoms with E-state index in [4.69, 9.17) is 0 Å². The van der Waals surface area contributed by atoms with E-state index >= 15 is 0 Å². The number of benzene rings is 1. The number of anilines is 1. The highest BCUT2D eigenvalue weighted by molar-refractivity contribution is 7.89. The first kappa shape index (κ1) is 16.3. The standard InChI is InChI=1S/C16H26N2O2S/c1-12-9-14(11-16(2,3)10-12)18-13-5-7-15(8-6-13)21(19,20)17-4/h5-8,12,14,17-18H,9-11H2,1-4H3. The summed E-state index contributed by atoms with van der Waals surface area (Å²) in [5, 5.41) is 3.55. The van der Waals surface area contributed by atoms with Crippen LogP contribution >= 0.6 is 0 Å². The third kappa shape index (κ3) is 4.20. The Hall–Kier alpha value is -1.07. The van der Waals surface area contributed by atoms with E-state index in [0.29, 0.717) is 16.4 Å². The van der Waals surface area contributed by atoms with Crippen molar-refractivity contribution in [2.24, 2.45) is 11.3 Å². The van der Waals surface area contributed by atoms with Gasteiger partial charge < -0.3 is 5.32 Å². The van der Waals surface area contributed by atoms with Gasteiger partial charge in [-0.2, -0.15) is 0 Å². The third-order valence-corrected chi connectivity index (χ3v) is 5.62. The SMILES string of the molecule is CNS(=O)(=O)c1ccc(NC2CC(C)CC(C)(C)C2)cc1. The summed E-state index contributed by atoms with van der Waals surface area (Å²) >= 11 is 0. The summed E-state index contributed by atoms with van der Waals surface area (Å²) in [4.78, 5) is 0.299. The van der Waals surface area contributed by atoms with Crippen LogP contribution in [0.5, 0.6) is 0 Å². The van der Waals surface area contributed by atoms with E-state index in [1.54, 1.807) is 12.1 Å². The highest BCUT2D eigenvalue weighted by Gasteiger charge is 2.31. The first-order chi connectivity index (χ1) is 9.72. The molecule has 0 aliphatic heterocycles. The van der Waals surface area contributed by atoms with Crippen LogP contribution in [0.25, 0.3) is 0 Å². The molecule has 0 bridgehead atoms. The van der Waals surface area contributed by atoms with Crippen LogP contribution in [0.15, 0.2) is 29.2 Å². The molecule has 0 radical (unpaired) electrons. The smallest absolute Gasteiger partial charge is 0.240 e. The highest BCUT2D eigenvalue weighted by atomic mass is 32.2. The fraction of sp³-hybridized carbons (Fsp3) is 0.625. The molecule has 5 heteroatoms. The summed E-state index contributed by atoms with van der Waals surface area (Å²) in [5.74, 6) is 0.718. The second kappa shape index (κ2) is 5.97. The molecule has 1 aromatic rings.